The molecule has 0 saturated carbocycles. The van der Waals surface area contributed by atoms with Gasteiger partial charge in [0.2, 0.25) is 0 Å². The second-order valence-electron chi connectivity index (χ2n) is 4.43. The summed E-state index contributed by atoms with van der Waals surface area (Å²) in [6.07, 6.45) is 0. The second kappa shape index (κ2) is 6.82. The predicted octanol–water partition coefficient (Wildman–Crippen LogP) is 2.81. The summed E-state index contributed by atoms with van der Waals surface area (Å²) in [7, 11) is 3.26. The predicted molar refractivity (Wildman–Crippen MR) is 79.2 cm³/mol. The Balaban J connectivity index is 2.05. The van der Waals surface area contributed by atoms with Gasteiger partial charge in [-0.2, -0.15) is 0 Å². The molecule has 0 spiro atoms. The lowest BCUT2D eigenvalue weighted by Gasteiger charge is -2.11. The Morgan fingerprint density at radius 1 is 0.900 bits per heavy atom. The van der Waals surface area contributed by atoms with Crippen LogP contribution in [0.1, 0.15) is 11.1 Å². The number of benzene rings is 2. The molecule has 2 rings (SSSR count). The molecule has 4 heteroatoms. The van der Waals surface area contributed by atoms with E-state index in [1.165, 1.54) is 0 Å². The van der Waals surface area contributed by atoms with E-state index in [2.05, 4.69) is 5.32 Å². The Bertz CT molecular complexity index is 530. The smallest absolute Gasteiger partial charge is 0.124 e. The maximum Gasteiger partial charge on any atom is 0.124 e. The Morgan fingerprint density at radius 3 is 1.95 bits per heavy atom. The van der Waals surface area contributed by atoms with Gasteiger partial charge < -0.3 is 19.9 Å². The van der Waals surface area contributed by atoms with Gasteiger partial charge in [-0.05, 0) is 11.1 Å². The molecule has 0 unspecified atom stereocenters. The van der Waals surface area contributed by atoms with Gasteiger partial charge in [-0.25, -0.2) is 0 Å². The van der Waals surface area contributed by atoms with E-state index < -0.39 is 0 Å². The van der Waals surface area contributed by atoms with E-state index in [1.807, 2.05) is 42.5 Å². The van der Waals surface area contributed by atoms with Crippen molar-refractivity contribution in [1.29, 1.82) is 0 Å². The van der Waals surface area contributed by atoms with Crippen molar-refractivity contribution in [2.45, 2.75) is 13.2 Å². The summed E-state index contributed by atoms with van der Waals surface area (Å²) in [5.74, 6) is 1.50. The normalized spacial score (nSPS) is 10.2. The van der Waals surface area contributed by atoms with Gasteiger partial charge in [0.1, 0.15) is 11.5 Å². The molecule has 0 aliphatic heterocycles. The van der Waals surface area contributed by atoms with Crippen molar-refractivity contribution in [3.63, 3.8) is 0 Å². The summed E-state index contributed by atoms with van der Waals surface area (Å²) in [5.41, 5.74) is 2.99. The second-order valence-corrected chi connectivity index (χ2v) is 4.43. The highest BCUT2D eigenvalue weighted by Crippen LogP contribution is 2.26. The van der Waals surface area contributed by atoms with Crippen LogP contribution in [0.15, 0.2) is 42.5 Å². The van der Waals surface area contributed by atoms with E-state index in [0.29, 0.717) is 6.54 Å². The molecule has 0 aliphatic rings. The Morgan fingerprint density at radius 2 is 1.45 bits per heavy atom. The van der Waals surface area contributed by atoms with Crippen LogP contribution in [0.25, 0.3) is 0 Å². The quantitative estimate of drug-likeness (QED) is 0.849. The minimum Gasteiger partial charge on any atom is -0.497 e. The highest BCUT2D eigenvalue weighted by Gasteiger charge is 2.02. The first-order valence-electron chi connectivity index (χ1n) is 6.41. The molecule has 106 valence electrons. The zero-order chi connectivity index (χ0) is 14.4. The van der Waals surface area contributed by atoms with Crippen molar-refractivity contribution in [2.75, 3.05) is 19.5 Å². The number of anilines is 1. The zero-order valence-electron chi connectivity index (χ0n) is 11.7. The molecule has 2 aromatic carbocycles. The third-order valence-electron chi connectivity index (χ3n) is 3.05. The molecular weight excluding hydrogens is 254 g/mol. The number of hydrogen-bond donors (Lipinski definition) is 2. The Hall–Kier alpha value is -2.20. The number of aliphatic hydroxyl groups excluding tert-OH is 1. The highest BCUT2D eigenvalue weighted by atomic mass is 16.5. The lowest BCUT2D eigenvalue weighted by Crippen LogP contribution is -2.00. The molecule has 0 fully saturated rings. The van der Waals surface area contributed by atoms with E-state index in [-0.39, 0.29) is 6.61 Å². The monoisotopic (exact) mass is 273 g/mol. The third-order valence-corrected chi connectivity index (χ3v) is 3.05. The third kappa shape index (κ3) is 3.65. The number of aliphatic hydroxyl groups is 1. The fourth-order valence-electron chi connectivity index (χ4n) is 1.88. The lowest BCUT2D eigenvalue weighted by molar-refractivity contribution is 0.282. The zero-order valence-corrected chi connectivity index (χ0v) is 11.7. The highest BCUT2D eigenvalue weighted by molar-refractivity contribution is 5.54. The van der Waals surface area contributed by atoms with Crippen LogP contribution in [0, 0.1) is 0 Å². The van der Waals surface area contributed by atoms with Crippen molar-refractivity contribution in [2.24, 2.45) is 0 Å². The van der Waals surface area contributed by atoms with E-state index in [9.17, 15) is 0 Å². The van der Waals surface area contributed by atoms with Crippen LogP contribution in [0.5, 0.6) is 11.5 Å². The number of hydrogen-bond acceptors (Lipinski definition) is 4. The average Bonchev–Trinajstić information content (AvgIpc) is 2.53. The Labute approximate surface area is 119 Å². The number of rotatable bonds is 6. The van der Waals surface area contributed by atoms with Crippen LogP contribution in [0.3, 0.4) is 0 Å². The summed E-state index contributed by atoms with van der Waals surface area (Å²) in [4.78, 5) is 0. The van der Waals surface area contributed by atoms with Crippen molar-refractivity contribution in [3.8, 4) is 11.5 Å². The molecule has 0 heterocycles. The maximum absolute atomic E-state index is 9.01. The molecule has 2 aromatic rings. The van der Waals surface area contributed by atoms with Gasteiger partial charge in [-0.15, -0.1) is 0 Å². The van der Waals surface area contributed by atoms with Gasteiger partial charge in [0, 0.05) is 30.4 Å². The van der Waals surface area contributed by atoms with Gasteiger partial charge in [0.25, 0.3) is 0 Å². The van der Waals surface area contributed by atoms with Gasteiger partial charge in [-0.1, -0.05) is 24.3 Å². The van der Waals surface area contributed by atoms with Crippen LogP contribution in [-0.4, -0.2) is 19.3 Å². The number of nitrogens with one attached hydrogen (secondary N) is 1. The van der Waals surface area contributed by atoms with Crippen LogP contribution in [0.4, 0.5) is 5.69 Å². The minimum absolute atomic E-state index is 0.0702. The molecular formula is C16H19NO3. The maximum atomic E-state index is 9.01. The first-order chi connectivity index (χ1) is 9.75. The van der Waals surface area contributed by atoms with Crippen molar-refractivity contribution < 1.29 is 14.6 Å². The molecule has 0 aromatic heterocycles. The summed E-state index contributed by atoms with van der Waals surface area (Å²) in [6, 6.07) is 13.5. The topological polar surface area (TPSA) is 50.7 Å². The Kier molecular flexibility index (Phi) is 4.85. The molecule has 0 amide bonds. The largest absolute Gasteiger partial charge is 0.497 e. The molecule has 4 nitrogen and oxygen atoms in total. The first-order valence-corrected chi connectivity index (χ1v) is 6.41. The number of methoxy groups -OCH3 is 2. The molecule has 0 atom stereocenters. The fourth-order valence-corrected chi connectivity index (χ4v) is 1.88. The van der Waals surface area contributed by atoms with Crippen molar-refractivity contribution in [1.82, 2.24) is 0 Å². The van der Waals surface area contributed by atoms with Crippen LogP contribution in [-0.2, 0) is 13.2 Å². The molecule has 0 saturated heterocycles. The average molecular weight is 273 g/mol. The van der Waals surface area contributed by atoms with Crippen LogP contribution >= 0.6 is 0 Å². The van der Waals surface area contributed by atoms with E-state index in [0.717, 1.165) is 28.3 Å². The van der Waals surface area contributed by atoms with E-state index >= 15 is 0 Å². The number of ether oxygens (including phenoxy) is 2. The van der Waals surface area contributed by atoms with Gasteiger partial charge in [0.05, 0.1) is 20.8 Å². The van der Waals surface area contributed by atoms with Gasteiger partial charge >= 0.3 is 0 Å². The molecule has 2 N–H and O–H groups in total. The summed E-state index contributed by atoms with van der Waals surface area (Å²) in [6.45, 7) is 0.767. The molecule has 0 radical (unpaired) electrons. The lowest BCUT2D eigenvalue weighted by atomic mass is 10.1. The first kappa shape index (κ1) is 14.2. The summed E-state index contributed by atoms with van der Waals surface area (Å²) < 4.78 is 10.5. The van der Waals surface area contributed by atoms with E-state index in [4.69, 9.17) is 14.6 Å². The van der Waals surface area contributed by atoms with Gasteiger partial charge in [0.15, 0.2) is 0 Å². The SMILES string of the molecule is COc1cc(NCc2ccc(CO)cc2)cc(OC)c1. The van der Waals surface area contributed by atoms with Crippen molar-refractivity contribution in [3.05, 3.63) is 53.6 Å². The standard InChI is InChI=1S/C16H19NO3/c1-19-15-7-14(8-16(9-15)20-2)17-10-12-3-5-13(11-18)6-4-12/h3-9,17-18H,10-11H2,1-2H3. The molecule has 20 heavy (non-hydrogen) atoms. The van der Waals surface area contributed by atoms with E-state index in [1.54, 1.807) is 14.2 Å². The summed E-state index contributed by atoms with van der Waals surface area (Å²) in [5, 5.41) is 12.3. The minimum atomic E-state index is 0.0702. The summed E-state index contributed by atoms with van der Waals surface area (Å²) >= 11 is 0. The van der Waals surface area contributed by atoms with Crippen LogP contribution in [0.2, 0.25) is 0 Å². The van der Waals surface area contributed by atoms with Gasteiger partial charge in [-0.3, -0.25) is 0 Å². The molecule has 0 aliphatic carbocycles. The van der Waals surface area contributed by atoms with Crippen molar-refractivity contribution >= 4 is 5.69 Å². The molecule has 0 bridgehead atoms. The fraction of sp³-hybridized carbons (Fsp3) is 0.250. The van der Waals surface area contributed by atoms with Crippen LogP contribution < -0.4 is 14.8 Å².